The molecule has 0 amide bonds. The monoisotopic (exact) mass is 337 g/mol. The van der Waals surface area contributed by atoms with E-state index in [1.165, 1.54) is 11.3 Å². The van der Waals surface area contributed by atoms with Crippen LogP contribution in [0.5, 0.6) is 0 Å². The molecule has 2 aromatic heterocycles. The molecule has 120 valence electrons. The first-order chi connectivity index (χ1) is 11.6. The lowest BCUT2D eigenvalue weighted by atomic mass is 9.98. The zero-order chi connectivity index (χ0) is 17.1. The third-order valence-electron chi connectivity index (χ3n) is 3.82. The molecule has 5 nitrogen and oxygen atoms in total. The van der Waals surface area contributed by atoms with E-state index in [0.717, 1.165) is 16.8 Å². The summed E-state index contributed by atoms with van der Waals surface area (Å²) in [4.78, 5) is 17.1. The lowest BCUT2D eigenvalue weighted by molar-refractivity contribution is -0.118. The molecule has 1 unspecified atom stereocenters. The summed E-state index contributed by atoms with van der Waals surface area (Å²) in [5, 5.41) is 15.7. The summed E-state index contributed by atoms with van der Waals surface area (Å²) in [6, 6.07) is 11.8. The Kier molecular flexibility index (Phi) is 4.54. The molecule has 0 saturated carbocycles. The molecule has 0 spiro atoms. The zero-order valence-electron chi connectivity index (χ0n) is 13.3. The Morgan fingerprint density at radius 2 is 2.08 bits per heavy atom. The van der Waals surface area contributed by atoms with Crippen LogP contribution in [0.3, 0.4) is 0 Å². The fraction of sp³-hybridized carbons (Fsp3) is 0.222. The molecule has 0 fully saturated rings. The number of thiazole rings is 1. The van der Waals surface area contributed by atoms with Gasteiger partial charge in [0, 0.05) is 22.9 Å². The number of Topliss-reactive ketones (excluding diaryl/α,β-unsaturated/α-hetero) is 1. The van der Waals surface area contributed by atoms with Crippen molar-refractivity contribution in [2.24, 2.45) is 0 Å². The van der Waals surface area contributed by atoms with Gasteiger partial charge in [0.05, 0.1) is 17.5 Å². The van der Waals surface area contributed by atoms with E-state index in [0.29, 0.717) is 16.5 Å². The van der Waals surface area contributed by atoms with Gasteiger partial charge in [-0.3, -0.25) is 4.79 Å². The van der Waals surface area contributed by atoms with E-state index >= 15 is 0 Å². The van der Waals surface area contributed by atoms with Crippen molar-refractivity contribution in [3.8, 4) is 17.3 Å². The normalized spacial score (nSPS) is 11.9. The number of hydrogen-bond acceptors (Lipinski definition) is 6. The predicted molar refractivity (Wildman–Crippen MR) is 90.6 cm³/mol. The van der Waals surface area contributed by atoms with Crippen molar-refractivity contribution in [3.05, 3.63) is 57.7 Å². The van der Waals surface area contributed by atoms with Gasteiger partial charge in [0.25, 0.3) is 0 Å². The maximum atomic E-state index is 12.6. The summed E-state index contributed by atoms with van der Waals surface area (Å²) in [5.74, 6) is -0.455. The molecule has 6 heteroatoms. The Hall–Kier alpha value is -2.78. The second kappa shape index (κ2) is 6.77. The van der Waals surface area contributed by atoms with E-state index < -0.39 is 5.92 Å². The highest BCUT2D eigenvalue weighted by atomic mass is 32.1. The van der Waals surface area contributed by atoms with E-state index in [1.54, 1.807) is 13.8 Å². The minimum absolute atomic E-state index is 0.125. The van der Waals surface area contributed by atoms with Crippen LogP contribution in [0.4, 0.5) is 0 Å². The van der Waals surface area contributed by atoms with Crippen LogP contribution in [0.1, 0.15) is 27.9 Å². The Bertz CT molecular complexity index is 886. The Balaban J connectivity index is 1.83. The van der Waals surface area contributed by atoms with Crippen LogP contribution in [0, 0.1) is 25.2 Å². The van der Waals surface area contributed by atoms with Crippen LogP contribution in [-0.4, -0.2) is 15.9 Å². The Morgan fingerprint density at radius 3 is 2.71 bits per heavy atom. The summed E-state index contributed by atoms with van der Waals surface area (Å²) in [6.45, 7) is 3.55. The summed E-state index contributed by atoms with van der Waals surface area (Å²) < 4.78 is 5.08. The number of rotatable bonds is 5. The first kappa shape index (κ1) is 16.1. The SMILES string of the molecule is Cc1noc(C)c1CC(=O)C(C#N)c1nc(-c2ccccc2)cs1. The third kappa shape index (κ3) is 3.12. The molecule has 3 rings (SSSR count). The van der Waals surface area contributed by atoms with Crippen LogP contribution in [-0.2, 0) is 11.2 Å². The molecule has 1 aromatic carbocycles. The standard InChI is InChI=1S/C18H15N3O2S/c1-11-14(12(2)23-21-11)8-17(22)15(9-19)18-20-16(10-24-18)13-6-4-3-5-7-13/h3-7,10,15H,8H2,1-2H3. The average Bonchev–Trinajstić information content (AvgIpc) is 3.19. The second-order valence-electron chi connectivity index (χ2n) is 5.44. The minimum atomic E-state index is -0.874. The lowest BCUT2D eigenvalue weighted by Gasteiger charge is -2.05. The minimum Gasteiger partial charge on any atom is -0.361 e. The highest BCUT2D eigenvalue weighted by Gasteiger charge is 2.26. The summed E-state index contributed by atoms with van der Waals surface area (Å²) >= 11 is 1.33. The highest BCUT2D eigenvalue weighted by Crippen LogP contribution is 2.28. The number of carbonyl (C=O) groups excluding carboxylic acids is 1. The summed E-state index contributed by atoms with van der Waals surface area (Å²) in [7, 11) is 0. The van der Waals surface area contributed by atoms with E-state index in [-0.39, 0.29) is 12.2 Å². The quantitative estimate of drug-likeness (QED) is 0.707. The smallest absolute Gasteiger partial charge is 0.161 e. The molecule has 2 heterocycles. The van der Waals surface area contributed by atoms with Crippen molar-refractivity contribution in [3.63, 3.8) is 0 Å². The van der Waals surface area contributed by atoms with Gasteiger partial charge in [0.2, 0.25) is 0 Å². The van der Waals surface area contributed by atoms with Gasteiger partial charge in [0.15, 0.2) is 11.7 Å². The van der Waals surface area contributed by atoms with Gasteiger partial charge < -0.3 is 4.52 Å². The summed E-state index contributed by atoms with van der Waals surface area (Å²) in [6.07, 6.45) is 0.125. The molecule has 0 saturated heterocycles. The van der Waals surface area contributed by atoms with Crippen molar-refractivity contribution in [1.29, 1.82) is 5.26 Å². The number of hydrogen-bond donors (Lipinski definition) is 0. The van der Waals surface area contributed by atoms with Crippen molar-refractivity contribution >= 4 is 17.1 Å². The number of carbonyl (C=O) groups is 1. The van der Waals surface area contributed by atoms with Crippen LogP contribution in [0.2, 0.25) is 0 Å². The number of nitriles is 1. The maximum absolute atomic E-state index is 12.6. The highest BCUT2D eigenvalue weighted by molar-refractivity contribution is 7.10. The molecular weight excluding hydrogens is 322 g/mol. The van der Waals surface area contributed by atoms with Crippen LogP contribution in [0.25, 0.3) is 11.3 Å². The molecule has 0 bridgehead atoms. The Morgan fingerprint density at radius 1 is 1.33 bits per heavy atom. The Labute approximate surface area is 143 Å². The molecule has 0 radical (unpaired) electrons. The van der Waals surface area contributed by atoms with Gasteiger partial charge in [-0.15, -0.1) is 11.3 Å². The molecule has 24 heavy (non-hydrogen) atoms. The zero-order valence-corrected chi connectivity index (χ0v) is 14.1. The van der Waals surface area contributed by atoms with Crippen LogP contribution >= 0.6 is 11.3 Å². The summed E-state index contributed by atoms with van der Waals surface area (Å²) in [5.41, 5.74) is 3.18. The molecule has 1 atom stereocenters. The largest absolute Gasteiger partial charge is 0.361 e. The van der Waals surface area contributed by atoms with Gasteiger partial charge in [0.1, 0.15) is 10.8 Å². The van der Waals surface area contributed by atoms with Gasteiger partial charge in [-0.2, -0.15) is 5.26 Å². The number of benzene rings is 1. The van der Waals surface area contributed by atoms with E-state index in [9.17, 15) is 10.1 Å². The fourth-order valence-electron chi connectivity index (χ4n) is 2.46. The van der Waals surface area contributed by atoms with Crippen LogP contribution in [0.15, 0.2) is 40.2 Å². The molecule has 0 aliphatic heterocycles. The second-order valence-corrected chi connectivity index (χ2v) is 6.33. The van der Waals surface area contributed by atoms with Crippen LogP contribution < -0.4 is 0 Å². The average molecular weight is 337 g/mol. The van der Waals surface area contributed by atoms with Crippen molar-refractivity contribution in [2.75, 3.05) is 0 Å². The first-order valence-corrected chi connectivity index (χ1v) is 8.33. The maximum Gasteiger partial charge on any atom is 0.161 e. The van der Waals surface area contributed by atoms with E-state index in [2.05, 4.69) is 16.2 Å². The van der Waals surface area contributed by atoms with Gasteiger partial charge in [-0.1, -0.05) is 35.5 Å². The van der Waals surface area contributed by atoms with Gasteiger partial charge in [-0.05, 0) is 13.8 Å². The van der Waals surface area contributed by atoms with Crippen molar-refractivity contribution in [1.82, 2.24) is 10.1 Å². The molecule has 0 aliphatic rings. The van der Waals surface area contributed by atoms with Gasteiger partial charge >= 0.3 is 0 Å². The van der Waals surface area contributed by atoms with E-state index in [4.69, 9.17) is 4.52 Å². The molecule has 0 N–H and O–H groups in total. The number of aromatic nitrogens is 2. The molecular formula is C18H15N3O2S. The third-order valence-corrected chi connectivity index (χ3v) is 4.73. The molecule has 3 aromatic rings. The fourth-order valence-corrected chi connectivity index (χ4v) is 3.35. The molecule has 0 aliphatic carbocycles. The first-order valence-electron chi connectivity index (χ1n) is 7.45. The predicted octanol–water partition coefficient (Wildman–Crippen LogP) is 3.83. The number of nitrogens with zero attached hydrogens (tertiary/aromatic N) is 3. The van der Waals surface area contributed by atoms with Crippen molar-refractivity contribution < 1.29 is 9.32 Å². The van der Waals surface area contributed by atoms with Gasteiger partial charge in [-0.25, -0.2) is 4.98 Å². The van der Waals surface area contributed by atoms with Crippen molar-refractivity contribution in [2.45, 2.75) is 26.2 Å². The topological polar surface area (TPSA) is 79.8 Å². The van der Waals surface area contributed by atoms with E-state index in [1.807, 2.05) is 35.7 Å². The number of aryl methyl sites for hydroxylation is 2. The number of ketones is 1. The lowest BCUT2D eigenvalue weighted by Crippen LogP contribution is -2.14.